The second-order valence-electron chi connectivity index (χ2n) is 3.97. The smallest absolute Gasteiger partial charge is 0.368 e. The fourth-order valence-electron chi connectivity index (χ4n) is 0.800. The fourth-order valence-corrected chi connectivity index (χ4v) is 1.18. The molecule has 0 aliphatic heterocycles. The Kier molecular flexibility index (Phi) is 3.04. The first-order valence-corrected chi connectivity index (χ1v) is 5.63. The average molecular weight is 251 g/mol. The zero-order valence-electron chi connectivity index (χ0n) is 8.85. The van der Waals surface area contributed by atoms with Crippen LogP contribution in [-0.4, -0.2) is 25.1 Å². The largest absolute Gasteiger partial charge is 0.455 e. The molecule has 0 saturated carbocycles. The monoisotopic (exact) mass is 251 g/mol. The summed E-state index contributed by atoms with van der Waals surface area (Å²) in [5.74, 6) is -0.883. The van der Waals surface area contributed by atoms with E-state index in [1.165, 1.54) is 0 Å². The zero-order valence-corrected chi connectivity index (χ0v) is 9.67. The van der Waals surface area contributed by atoms with Crippen LogP contribution in [0.15, 0.2) is 15.7 Å². The highest BCUT2D eigenvalue weighted by molar-refractivity contribution is 7.86. The summed E-state index contributed by atoms with van der Waals surface area (Å²) in [4.78, 5) is 11.3. The summed E-state index contributed by atoms with van der Waals surface area (Å²) >= 11 is 0. The average Bonchev–Trinajstić information content (AvgIpc) is 2.46. The molecule has 90 valence electrons. The standard InChI is InChI=1S/C8H10FNO5S/c1-8(2,3)14-7(11)5-4-6(15-10-5)16(9,12)13/h4H,1-3H3. The van der Waals surface area contributed by atoms with Crippen LogP contribution in [0.2, 0.25) is 0 Å². The Bertz CT molecular complexity index is 499. The van der Waals surface area contributed by atoms with Gasteiger partial charge in [0.05, 0.1) is 0 Å². The summed E-state index contributed by atoms with van der Waals surface area (Å²) < 4.78 is 42.2. The number of rotatable bonds is 2. The van der Waals surface area contributed by atoms with E-state index in [4.69, 9.17) is 4.74 Å². The molecule has 0 aliphatic carbocycles. The number of carbonyl (C=O) groups excluding carboxylic acids is 1. The van der Waals surface area contributed by atoms with Crippen LogP contribution in [0, 0.1) is 0 Å². The van der Waals surface area contributed by atoms with Gasteiger partial charge in [-0.05, 0) is 20.8 Å². The third-order valence-electron chi connectivity index (χ3n) is 1.34. The van der Waals surface area contributed by atoms with Crippen LogP contribution in [0.5, 0.6) is 0 Å². The molecule has 6 nitrogen and oxygen atoms in total. The lowest BCUT2D eigenvalue weighted by molar-refractivity contribution is 0.00585. The molecule has 1 heterocycles. The third-order valence-corrected chi connectivity index (χ3v) is 2.01. The van der Waals surface area contributed by atoms with E-state index in [1.54, 1.807) is 20.8 Å². The summed E-state index contributed by atoms with van der Waals surface area (Å²) in [6.45, 7) is 4.87. The molecule has 0 saturated heterocycles. The Morgan fingerprint density at radius 3 is 2.44 bits per heavy atom. The van der Waals surface area contributed by atoms with Crippen molar-refractivity contribution >= 4 is 16.2 Å². The van der Waals surface area contributed by atoms with Crippen molar-refractivity contribution in [3.63, 3.8) is 0 Å². The van der Waals surface area contributed by atoms with Crippen molar-refractivity contribution in [1.29, 1.82) is 0 Å². The normalized spacial score (nSPS) is 12.5. The van der Waals surface area contributed by atoms with E-state index in [0.717, 1.165) is 0 Å². The number of hydrogen-bond donors (Lipinski definition) is 0. The van der Waals surface area contributed by atoms with Crippen LogP contribution in [0.25, 0.3) is 0 Å². The summed E-state index contributed by atoms with van der Waals surface area (Å²) in [7, 11) is -5.00. The van der Waals surface area contributed by atoms with Crippen molar-refractivity contribution in [2.24, 2.45) is 0 Å². The van der Waals surface area contributed by atoms with E-state index in [2.05, 4.69) is 9.68 Å². The molecule has 0 radical (unpaired) electrons. The highest BCUT2D eigenvalue weighted by Crippen LogP contribution is 2.16. The van der Waals surface area contributed by atoms with Crippen molar-refractivity contribution in [2.45, 2.75) is 31.5 Å². The summed E-state index contributed by atoms with van der Waals surface area (Å²) in [6, 6.07) is 0.670. The van der Waals surface area contributed by atoms with Gasteiger partial charge in [-0.25, -0.2) is 4.79 Å². The molecule has 16 heavy (non-hydrogen) atoms. The van der Waals surface area contributed by atoms with Gasteiger partial charge in [0.1, 0.15) is 5.60 Å². The van der Waals surface area contributed by atoms with Crippen molar-refractivity contribution < 1.29 is 26.4 Å². The van der Waals surface area contributed by atoms with Crippen LogP contribution >= 0.6 is 0 Å². The van der Waals surface area contributed by atoms with Crippen molar-refractivity contribution in [2.75, 3.05) is 0 Å². The molecule has 0 atom stereocenters. The summed E-state index contributed by atoms with van der Waals surface area (Å²) in [5.41, 5.74) is -1.16. The molecule has 1 aromatic rings. The van der Waals surface area contributed by atoms with Crippen molar-refractivity contribution in [1.82, 2.24) is 5.16 Å². The zero-order chi connectivity index (χ0) is 12.6. The van der Waals surface area contributed by atoms with Crippen LogP contribution in [0.3, 0.4) is 0 Å². The second-order valence-corrected chi connectivity index (χ2v) is 5.25. The first kappa shape index (κ1) is 12.6. The topological polar surface area (TPSA) is 86.5 Å². The molecule has 1 rings (SSSR count). The van der Waals surface area contributed by atoms with E-state index in [-0.39, 0.29) is 0 Å². The van der Waals surface area contributed by atoms with Gasteiger partial charge in [-0.3, -0.25) is 0 Å². The highest BCUT2D eigenvalue weighted by atomic mass is 32.3. The van der Waals surface area contributed by atoms with Gasteiger partial charge in [-0.15, -0.1) is 0 Å². The fraction of sp³-hybridized carbons (Fsp3) is 0.500. The van der Waals surface area contributed by atoms with E-state index in [0.29, 0.717) is 6.07 Å². The molecular weight excluding hydrogens is 241 g/mol. The molecule has 0 N–H and O–H groups in total. The number of nitrogens with zero attached hydrogens (tertiary/aromatic N) is 1. The SMILES string of the molecule is CC(C)(C)OC(=O)c1cc(S(=O)(=O)F)on1. The minimum atomic E-state index is -5.00. The van der Waals surface area contributed by atoms with E-state index >= 15 is 0 Å². The maximum Gasteiger partial charge on any atom is 0.368 e. The van der Waals surface area contributed by atoms with Gasteiger partial charge >= 0.3 is 16.2 Å². The molecule has 0 aromatic carbocycles. The van der Waals surface area contributed by atoms with Crippen LogP contribution in [-0.2, 0) is 15.0 Å². The van der Waals surface area contributed by atoms with Gasteiger partial charge in [-0.1, -0.05) is 9.04 Å². The Hall–Kier alpha value is -1.44. The molecule has 0 fully saturated rings. The molecule has 0 amide bonds. The second kappa shape index (κ2) is 3.85. The summed E-state index contributed by atoms with van der Waals surface area (Å²) in [6.07, 6.45) is 0. The summed E-state index contributed by atoms with van der Waals surface area (Å²) in [5, 5.41) is 2.08. The molecule has 0 aliphatic rings. The van der Waals surface area contributed by atoms with Crippen molar-refractivity contribution in [3.8, 4) is 0 Å². The lowest BCUT2D eigenvalue weighted by atomic mass is 10.2. The number of halogens is 1. The Morgan fingerprint density at radius 1 is 1.50 bits per heavy atom. The highest BCUT2D eigenvalue weighted by Gasteiger charge is 2.25. The maximum absolute atomic E-state index is 12.4. The van der Waals surface area contributed by atoms with Gasteiger partial charge in [0.15, 0.2) is 5.69 Å². The molecule has 0 unspecified atom stereocenters. The first-order chi connectivity index (χ1) is 7.09. The van der Waals surface area contributed by atoms with Crippen LogP contribution in [0.4, 0.5) is 3.89 Å². The molecule has 0 spiro atoms. The molecule has 0 bridgehead atoms. The van der Waals surface area contributed by atoms with Gasteiger partial charge in [0.25, 0.3) is 5.09 Å². The predicted octanol–water partition coefficient (Wildman–Crippen LogP) is 1.29. The van der Waals surface area contributed by atoms with Gasteiger partial charge in [0.2, 0.25) is 0 Å². The lowest BCUT2D eigenvalue weighted by Crippen LogP contribution is -2.24. The van der Waals surface area contributed by atoms with E-state index in [9.17, 15) is 17.1 Å². The van der Waals surface area contributed by atoms with E-state index in [1.807, 2.05) is 0 Å². The Morgan fingerprint density at radius 2 is 2.06 bits per heavy atom. The van der Waals surface area contributed by atoms with Gasteiger partial charge in [0, 0.05) is 6.07 Å². The molecular formula is C8H10FNO5S. The maximum atomic E-state index is 12.4. The Labute approximate surface area is 91.6 Å². The number of carbonyl (C=O) groups is 1. The van der Waals surface area contributed by atoms with Crippen LogP contribution in [0.1, 0.15) is 31.3 Å². The van der Waals surface area contributed by atoms with Crippen LogP contribution < -0.4 is 0 Å². The number of aromatic nitrogens is 1. The lowest BCUT2D eigenvalue weighted by Gasteiger charge is -2.18. The van der Waals surface area contributed by atoms with Gasteiger partial charge < -0.3 is 9.26 Å². The van der Waals surface area contributed by atoms with Gasteiger partial charge in [-0.2, -0.15) is 8.42 Å². The predicted molar refractivity (Wildman–Crippen MR) is 50.0 cm³/mol. The number of hydrogen-bond acceptors (Lipinski definition) is 6. The third kappa shape index (κ3) is 3.30. The number of ether oxygens (including phenoxy) is 1. The Balaban J connectivity index is 2.92. The first-order valence-electron chi connectivity index (χ1n) is 4.24. The van der Waals surface area contributed by atoms with E-state index < -0.39 is 32.6 Å². The molecule has 1 aromatic heterocycles. The molecule has 8 heteroatoms. The minimum absolute atomic E-state index is 0.397. The quantitative estimate of drug-likeness (QED) is 0.581. The minimum Gasteiger partial charge on any atom is -0.455 e. The number of esters is 1. The van der Waals surface area contributed by atoms with Crippen molar-refractivity contribution in [3.05, 3.63) is 11.8 Å².